The van der Waals surface area contributed by atoms with Gasteiger partial charge in [0.25, 0.3) is 5.91 Å². The third-order valence-corrected chi connectivity index (χ3v) is 5.65. The van der Waals surface area contributed by atoms with Gasteiger partial charge in [0.2, 0.25) is 0 Å². The number of carboxylic acid groups (broad SMARTS) is 1. The van der Waals surface area contributed by atoms with Crippen LogP contribution < -0.4 is 0 Å². The summed E-state index contributed by atoms with van der Waals surface area (Å²) in [5.74, 6) is -0.233. The van der Waals surface area contributed by atoms with Gasteiger partial charge < -0.3 is 9.52 Å². The molecule has 4 rings (SSSR count). The summed E-state index contributed by atoms with van der Waals surface area (Å²) in [7, 11) is 0. The number of benzene rings is 2. The summed E-state index contributed by atoms with van der Waals surface area (Å²) in [6.45, 7) is 2.59. The molecule has 31 heavy (non-hydrogen) atoms. The molecule has 1 N–H and O–H groups in total. The summed E-state index contributed by atoms with van der Waals surface area (Å²) in [4.78, 5) is 31.3. The molecule has 6 nitrogen and oxygen atoms in total. The highest BCUT2D eigenvalue weighted by molar-refractivity contribution is 8.18. The predicted octanol–water partition coefficient (Wildman–Crippen LogP) is 5.66. The van der Waals surface area contributed by atoms with Crippen molar-refractivity contribution >= 4 is 40.6 Å². The maximum Gasteiger partial charge on any atom is 0.336 e. The fourth-order valence-corrected chi connectivity index (χ4v) is 4.22. The number of para-hydroxylation sites is 1. The molecule has 0 radical (unpaired) electrons. The molecule has 1 saturated heterocycles. The number of hydrogen-bond donors (Lipinski definition) is 1. The fraction of sp³-hybridized carbons (Fsp3) is 0.125. The van der Waals surface area contributed by atoms with E-state index in [0.717, 1.165) is 12.1 Å². The van der Waals surface area contributed by atoms with E-state index in [4.69, 9.17) is 4.42 Å². The molecule has 0 aliphatic carbocycles. The van der Waals surface area contributed by atoms with Crippen LogP contribution in [0.15, 0.2) is 81.0 Å². The van der Waals surface area contributed by atoms with Gasteiger partial charge in [-0.1, -0.05) is 43.3 Å². The number of nitrogens with zero attached hydrogens (tertiary/aromatic N) is 2. The van der Waals surface area contributed by atoms with E-state index in [1.165, 1.54) is 17.8 Å². The van der Waals surface area contributed by atoms with Crippen molar-refractivity contribution in [1.29, 1.82) is 0 Å². The fourth-order valence-electron chi connectivity index (χ4n) is 3.21. The Labute approximate surface area is 183 Å². The molecule has 1 fully saturated rings. The first-order valence-corrected chi connectivity index (χ1v) is 10.7. The van der Waals surface area contributed by atoms with Gasteiger partial charge in [-0.15, -0.1) is 0 Å². The van der Waals surface area contributed by atoms with Crippen LogP contribution in [0.1, 0.15) is 29.5 Å². The zero-order valence-electron chi connectivity index (χ0n) is 16.8. The predicted molar refractivity (Wildman–Crippen MR) is 122 cm³/mol. The van der Waals surface area contributed by atoms with E-state index in [1.807, 2.05) is 37.3 Å². The van der Waals surface area contributed by atoms with E-state index in [0.29, 0.717) is 33.7 Å². The Morgan fingerprint density at radius 2 is 1.84 bits per heavy atom. The maximum atomic E-state index is 13.0. The monoisotopic (exact) mass is 432 g/mol. The highest BCUT2D eigenvalue weighted by atomic mass is 32.2. The smallest absolute Gasteiger partial charge is 0.336 e. The largest absolute Gasteiger partial charge is 0.478 e. The van der Waals surface area contributed by atoms with Crippen LogP contribution in [-0.2, 0) is 4.79 Å². The number of amidine groups is 1. The van der Waals surface area contributed by atoms with Crippen LogP contribution in [0.5, 0.6) is 0 Å². The molecule has 2 heterocycles. The number of amides is 1. The molecule has 156 valence electrons. The first-order chi connectivity index (χ1) is 15.1. The second-order valence-corrected chi connectivity index (χ2v) is 7.86. The van der Waals surface area contributed by atoms with Crippen molar-refractivity contribution in [2.24, 2.45) is 4.99 Å². The van der Waals surface area contributed by atoms with Crippen molar-refractivity contribution in [2.45, 2.75) is 13.3 Å². The zero-order chi connectivity index (χ0) is 21.8. The van der Waals surface area contributed by atoms with Crippen molar-refractivity contribution in [2.75, 3.05) is 6.54 Å². The summed E-state index contributed by atoms with van der Waals surface area (Å²) < 4.78 is 5.86. The minimum Gasteiger partial charge on any atom is -0.478 e. The van der Waals surface area contributed by atoms with Crippen LogP contribution in [0, 0.1) is 0 Å². The molecule has 0 bridgehead atoms. The van der Waals surface area contributed by atoms with Crippen LogP contribution in [0.25, 0.3) is 17.4 Å². The van der Waals surface area contributed by atoms with Gasteiger partial charge in [0.05, 0.1) is 16.2 Å². The number of carboxylic acids is 1. The van der Waals surface area contributed by atoms with Gasteiger partial charge >= 0.3 is 5.97 Å². The molecule has 1 amide bonds. The van der Waals surface area contributed by atoms with E-state index in [2.05, 4.69) is 4.99 Å². The second-order valence-electron chi connectivity index (χ2n) is 6.85. The SMILES string of the molecule is CCCN1C(=O)/C(=C\c2ccc(-c3ccccc3C(=O)O)o2)SC1=Nc1ccccc1. The van der Waals surface area contributed by atoms with E-state index in [9.17, 15) is 14.7 Å². The lowest BCUT2D eigenvalue weighted by Crippen LogP contribution is -2.29. The highest BCUT2D eigenvalue weighted by Gasteiger charge is 2.33. The lowest BCUT2D eigenvalue weighted by molar-refractivity contribution is -0.122. The lowest BCUT2D eigenvalue weighted by atomic mass is 10.1. The molecule has 1 aliphatic heterocycles. The molecule has 1 aromatic heterocycles. The van der Waals surface area contributed by atoms with Gasteiger partial charge in [-0.05, 0) is 48.5 Å². The average Bonchev–Trinajstić information content (AvgIpc) is 3.35. The zero-order valence-corrected chi connectivity index (χ0v) is 17.6. The Bertz CT molecular complexity index is 1180. The van der Waals surface area contributed by atoms with Crippen molar-refractivity contribution in [3.8, 4) is 11.3 Å². The van der Waals surface area contributed by atoms with Crippen LogP contribution in [0.4, 0.5) is 5.69 Å². The molecular formula is C24H20N2O4S. The molecule has 3 aromatic rings. The molecule has 7 heteroatoms. The summed E-state index contributed by atoms with van der Waals surface area (Å²) in [5, 5.41) is 10.0. The summed E-state index contributed by atoms with van der Waals surface area (Å²) >= 11 is 1.30. The van der Waals surface area contributed by atoms with Gasteiger partial charge in [0.1, 0.15) is 11.5 Å². The quantitative estimate of drug-likeness (QED) is 0.508. The van der Waals surface area contributed by atoms with Crippen LogP contribution >= 0.6 is 11.8 Å². The normalized spacial score (nSPS) is 16.4. The molecule has 0 spiro atoms. The number of hydrogen-bond acceptors (Lipinski definition) is 5. The Hall–Kier alpha value is -3.58. The first kappa shape index (κ1) is 20.7. The Balaban J connectivity index is 1.64. The summed E-state index contributed by atoms with van der Waals surface area (Å²) in [6, 6.07) is 19.6. The number of rotatable bonds is 6. The second kappa shape index (κ2) is 9.06. The first-order valence-electron chi connectivity index (χ1n) is 9.84. The molecule has 0 saturated carbocycles. The van der Waals surface area contributed by atoms with Gasteiger partial charge in [-0.2, -0.15) is 0 Å². The van der Waals surface area contributed by atoms with Crippen LogP contribution in [0.3, 0.4) is 0 Å². The van der Waals surface area contributed by atoms with Gasteiger partial charge in [0.15, 0.2) is 5.17 Å². The van der Waals surface area contributed by atoms with E-state index in [1.54, 1.807) is 41.3 Å². The van der Waals surface area contributed by atoms with Crippen molar-refractivity contribution in [3.05, 3.63) is 83.0 Å². The maximum absolute atomic E-state index is 13.0. The number of thioether (sulfide) groups is 1. The minimum absolute atomic E-state index is 0.120. The van der Waals surface area contributed by atoms with Crippen LogP contribution in [0.2, 0.25) is 0 Å². The number of furan rings is 1. The molecule has 1 aliphatic rings. The minimum atomic E-state index is -1.02. The topological polar surface area (TPSA) is 83.1 Å². The number of aliphatic imine (C=N–C) groups is 1. The van der Waals surface area contributed by atoms with Gasteiger partial charge in [0, 0.05) is 18.2 Å². The molecule has 0 atom stereocenters. The van der Waals surface area contributed by atoms with E-state index < -0.39 is 5.97 Å². The van der Waals surface area contributed by atoms with Crippen molar-refractivity contribution < 1.29 is 19.1 Å². The van der Waals surface area contributed by atoms with Gasteiger partial charge in [-0.25, -0.2) is 9.79 Å². The van der Waals surface area contributed by atoms with Gasteiger partial charge in [-0.3, -0.25) is 9.69 Å². The summed E-state index contributed by atoms with van der Waals surface area (Å²) in [6.07, 6.45) is 2.49. The Morgan fingerprint density at radius 3 is 2.58 bits per heavy atom. The van der Waals surface area contributed by atoms with E-state index >= 15 is 0 Å². The third-order valence-electron chi connectivity index (χ3n) is 4.64. The standard InChI is InChI=1S/C24H20N2O4S/c1-2-14-26-22(27)21(31-24(26)25-16-8-4-3-5-9-16)15-17-12-13-20(30-17)18-10-6-7-11-19(18)23(28)29/h3-13,15H,2,14H2,1H3,(H,28,29)/b21-15+,25-24?. The number of aromatic carboxylic acids is 1. The number of carbonyl (C=O) groups is 2. The van der Waals surface area contributed by atoms with Crippen LogP contribution in [-0.4, -0.2) is 33.6 Å². The average molecular weight is 433 g/mol. The van der Waals surface area contributed by atoms with E-state index in [-0.39, 0.29) is 11.5 Å². The van der Waals surface area contributed by atoms with Crippen molar-refractivity contribution in [3.63, 3.8) is 0 Å². The molecule has 2 aromatic carbocycles. The molecular weight excluding hydrogens is 412 g/mol. The van der Waals surface area contributed by atoms with Crippen molar-refractivity contribution in [1.82, 2.24) is 4.90 Å². The Kier molecular flexibility index (Phi) is 6.04. The highest BCUT2D eigenvalue weighted by Crippen LogP contribution is 2.35. The molecule has 0 unspecified atom stereocenters. The third kappa shape index (κ3) is 4.46. The summed E-state index contributed by atoms with van der Waals surface area (Å²) in [5.41, 5.74) is 1.43. The Morgan fingerprint density at radius 1 is 1.10 bits per heavy atom. The number of carbonyl (C=O) groups excluding carboxylic acids is 1. The lowest BCUT2D eigenvalue weighted by Gasteiger charge is -2.13.